The van der Waals surface area contributed by atoms with E-state index in [4.69, 9.17) is 4.74 Å². The molecule has 0 N–H and O–H groups in total. The molecule has 2 aliphatic rings. The van der Waals surface area contributed by atoms with Crippen LogP contribution >= 0.6 is 0 Å². The Balaban J connectivity index is 1.28. The van der Waals surface area contributed by atoms with E-state index in [0.29, 0.717) is 40.4 Å². The van der Waals surface area contributed by atoms with Crippen molar-refractivity contribution in [2.24, 2.45) is 5.92 Å². The number of halogens is 1. The van der Waals surface area contributed by atoms with Crippen LogP contribution in [0.2, 0.25) is 0 Å². The summed E-state index contributed by atoms with van der Waals surface area (Å²) in [6.07, 6.45) is 5.14. The molecule has 35 heavy (non-hydrogen) atoms. The van der Waals surface area contributed by atoms with E-state index in [1.54, 1.807) is 41.3 Å². The van der Waals surface area contributed by atoms with Crippen LogP contribution in [0.1, 0.15) is 35.8 Å². The molecule has 2 aliphatic heterocycles. The SMILES string of the molecule is Cc1c(C(=O)N2CCC([C@@H](C)N3CCOCC3)CC2)cnn1-c1nccc(-c2ccccc2F)n1. The van der Waals surface area contributed by atoms with E-state index >= 15 is 0 Å². The van der Waals surface area contributed by atoms with Crippen LogP contribution in [-0.2, 0) is 4.74 Å². The summed E-state index contributed by atoms with van der Waals surface area (Å²) in [5, 5.41) is 4.40. The van der Waals surface area contributed by atoms with Gasteiger partial charge in [0.25, 0.3) is 11.9 Å². The molecule has 5 rings (SSSR count). The number of nitrogens with zero attached hydrogens (tertiary/aromatic N) is 6. The number of piperidine rings is 1. The van der Waals surface area contributed by atoms with Crippen LogP contribution in [0.4, 0.5) is 4.39 Å². The summed E-state index contributed by atoms with van der Waals surface area (Å²) in [4.78, 5) is 26.6. The van der Waals surface area contributed by atoms with Crippen molar-refractivity contribution in [1.29, 1.82) is 0 Å². The summed E-state index contributed by atoms with van der Waals surface area (Å²) in [6.45, 7) is 9.20. The smallest absolute Gasteiger partial charge is 0.257 e. The van der Waals surface area contributed by atoms with Crippen LogP contribution in [0.3, 0.4) is 0 Å². The highest BCUT2D eigenvalue weighted by Gasteiger charge is 2.31. The molecule has 2 saturated heterocycles. The van der Waals surface area contributed by atoms with Gasteiger partial charge < -0.3 is 9.64 Å². The fourth-order valence-corrected chi connectivity index (χ4v) is 5.13. The van der Waals surface area contributed by atoms with Crippen LogP contribution in [-0.4, -0.2) is 80.9 Å². The number of hydrogen-bond acceptors (Lipinski definition) is 6. The van der Waals surface area contributed by atoms with Gasteiger partial charge in [0.1, 0.15) is 5.82 Å². The Morgan fingerprint density at radius 3 is 2.60 bits per heavy atom. The largest absolute Gasteiger partial charge is 0.379 e. The molecule has 0 unspecified atom stereocenters. The number of carbonyl (C=O) groups is 1. The van der Waals surface area contributed by atoms with Crippen LogP contribution in [0.15, 0.2) is 42.7 Å². The van der Waals surface area contributed by atoms with Gasteiger partial charge >= 0.3 is 0 Å². The third kappa shape index (κ3) is 4.83. The molecule has 1 amide bonds. The lowest BCUT2D eigenvalue weighted by molar-refractivity contribution is -0.000955. The van der Waals surface area contributed by atoms with Crippen LogP contribution in [0, 0.1) is 18.7 Å². The minimum absolute atomic E-state index is 0.0171. The lowest BCUT2D eigenvalue weighted by Crippen LogP contribution is -2.49. The summed E-state index contributed by atoms with van der Waals surface area (Å²) in [6, 6.07) is 8.64. The highest BCUT2D eigenvalue weighted by molar-refractivity contribution is 5.95. The molecular weight excluding hydrogens is 447 g/mol. The number of benzene rings is 1. The molecular formula is C26H31FN6O2. The Morgan fingerprint density at radius 1 is 1.11 bits per heavy atom. The molecule has 2 fully saturated rings. The van der Waals surface area contributed by atoms with Gasteiger partial charge in [-0.25, -0.2) is 19.0 Å². The van der Waals surface area contributed by atoms with Crippen molar-refractivity contribution in [3.05, 3.63) is 59.8 Å². The molecule has 0 spiro atoms. The van der Waals surface area contributed by atoms with E-state index in [-0.39, 0.29) is 11.7 Å². The Labute approximate surface area is 204 Å². The van der Waals surface area contributed by atoms with Crippen molar-refractivity contribution in [2.75, 3.05) is 39.4 Å². The molecule has 0 saturated carbocycles. The summed E-state index contributed by atoms with van der Waals surface area (Å²) in [5.74, 6) is 0.517. The number of rotatable bonds is 5. The van der Waals surface area contributed by atoms with Crippen LogP contribution < -0.4 is 0 Å². The molecule has 4 heterocycles. The summed E-state index contributed by atoms with van der Waals surface area (Å²) < 4.78 is 21.3. The predicted molar refractivity (Wildman–Crippen MR) is 130 cm³/mol. The fraction of sp³-hybridized carbons (Fsp3) is 0.462. The first-order chi connectivity index (χ1) is 17.0. The highest BCUT2D eigenvalue weighted by Crippen LogP contribution is 2.27. The quantitative estimate of drug-likeness (QED) is 0.560. The van der Waals surface area contributed by atoms with Crippen LogP contribution in [0.5, 0.6) is 0 Å². The second-order valence-corrected chi connectivity index (χ2v) is 9.30. The van der Waals surface area contributed by atoms with Gasteiger partial charge in [0, 0.05) is 44.0 Å². The van der Waals surface area contributed by atoms with E-state index in [1.165, 1.54) is 6.07 Å². The van der Waals surface area contributed by atoms with E-state index < -0.39 is 0 Å². The molecule has 1 aromatic carbocycles. The van der Waals surface area contributed by atoms with Crippen molar-refractivity contribution >= 4 is 5.91 Å². The first-order valence-corrected chi connectivity index (χ1v) is 12.3. The maximum absolute atomic E-state index is 14.2. The minimum Gasteiger partial charge on any atom is -0.379 e. The summed E-state index contributed by atoms with van der Waals surface area (Å²) >= 11 is 0. The second-order valence-electron chi connectivity index (χ2n) is 9.30. The number of likely N-dealkylation sites (tertiary alicyclic amines) is 1. The predicted octanol–water partition coefficient (Wildman–Crippen LogP) is 3.35. The Bertz CT molecular complexity index is 1180. The zero-order chi connectivity index (χ0) is 24.4. The third-order valence-corrected chi connectivity index (χ3v) is 7.35. The molecule has 8 nitrogen and oxygen atoms in total. The van der Waals surface area contributed by atoms with E-state index in [0.717, 1.165) is 52.2 Å². The van der Waals surface area contributed by atoms with Crippen molar-refractivity contribution in [2.45, 2.75) is 32.7 Å². The molecule has 0 radical (unpaired) electrons. The number of morpholine rings is 1. The lowest BCUT2D eigenvalue weighted by Gasteiger charge is -2.41. The van der Waals surface area contributed by atoms with Crippen molar-refractivity contribution in [3.63, 3.8) is 0 Å². The molecule has 3 aromatic rings. The highest BCUT2D eigenvalue weighted by atomic mass is 19.1. The van der Waals surface area contributed by atoms with Gasteiger partial charge in [-0.05, 0) is 50.8 Å². The summed E-state index contributed by atoms with van der Waals surface area (Å²) in [7, 11) is 0. The van der Waals surface area contributed by atoms with E-state index in [9.17, 15) is 9.18 Å². The molecule has 1 atom stereocenters. The number of carbonyl (C=O) groups excluding carboxylic acids is 1. The van der Waals surface area contributed by atoms with Gasteiger partial charge in [0.15, 0.2) is 0 Å². The van der Waals surface area contributed by atoms with Gasteiger partial charge in [-0.2, -0.15) is 5.10 Å². The molecule has 0 bridgehead atoms. The van der Waals surface area contributed by atoms with Gasteiger partial charge in [-0.3, -0.25) is 9.69 Å². The monoisotopic (exact) mass is 478 g/mol. The van der Waals surface area contributed by atoms with Gasteiger partial charge in [-0.15, -0.1) is 0 Å². The van der Waals surface area contributed by atoms with Crippen LogP contribution in [0.25, 0.3) is 17.2 Å². The first kappa shape index (κ1) is 23.6. The number of aromatic nitrogens is 4. The molecule has 2 aromatic heterocycles. The maximum Gasteiger partial charge on any atom is 0.257 e. The van der Waals surface area contributed by atoms with Gasteiger partial charge in [0.2, 0.25) is 0 Å². The topological polar surface area (TPSA) is 76.4 Å². The number of hydrogen-bond donors (Lipinski definition) is 0. The number of ether oxygens (including phenoxy) is 1. The Hall–Kier alpha value is -3.17. The van der Waals surface area contributed by atoms with Crippen molar-refractivity contribution in [1.82, 2.24) is 29.5 Å². The Kier molecular flexibility index (Phi) is 6.88. The Morgan fingerprint density at radius 2 is 1.86 bits per heavy atom. The maximum atomic E-state index is 14.2. The minimum atomic E-state index is -0.350. The van der Waals surface area contributed by atoms with E-state index in [1.807, 2.05) is 11.8 Å². The second kappa shape index (κ2) is 10.2. The normalized spacial score (nSPS) is 18.5. The zero-order valence-corrected chi connectivity index (χ0v) is 20.2. The number of amides is 1. The summed E-state index contributed by atoms with van der Waals surface area (Å²) in [5.41, 5.74) is 2.08. The molecule has 184 valence electrons. The standard InChI is InChI=1S/C26H31FN6O2/c1-18(31-13-15-35-16-14-31)20-8-11-32(12-9-20)25(34)22-17-29-33(19(22)2)26-28-10-7-24(30-26)21-5-3-4-6-23(21)27/h3-7,10,17-18,20H,8-9,11-16H2,1-2H3/t18-/m1/s1. The molecule has 9 heteroatoms. The first-order valence-electron chi connectivity index (χ1n) is 12.3. The van der Waals surface area contributed by atoms with Gasteiger partial charge in [-0.1, -0.05) is 12.1 Å². The molecule has 0 aliphatic carbocycles. The average Bonchev–Trinajstić information content (AvgIpc) is 3.30. The van der Waals surface area contributed by atoms with E-state index in [2.05, 4.69) is 26.9 Å². The van der Waals surface area contributed by atoms with Crippen molar-refractivity contribution in [3.8, 4) is 17.2 Å². The third-order valence-electron chi connectivity index (χ3n) is 7.35. The lowest BCUT2D eigenvalue weighted by atomic mass is 9.89. The fourth-order valence-electron chi connectivity index (χ4n) is 5.13. The zero-order valence-electron chi connectivity index (χ0n) is 20.2. The van der Waals surface area contributed by atoms with Crippen molar-refractivity contribution < 1.29 is 13.9 Å². The average molecular weight is 479 g/mol. The van der Waals surface area contributed by atoms with Gasteiger partial charge in [0.05, 0.1) is 36.4 Å².